The summed E-state index contributed by atoms with van der Waals surface area (Å²) < 4.78 is 1.52. The van der Waals surface area contributed by atoms with Gasteiger partial charge in [-0.05, 0) is 19.8 Å². The van der Waals surface area contributed by atoms with Crippen molar-refractivity contribution >= 4 is 11.9 Å². The molecule has 1 aliphatic carbocycles. The second-order valence-corrected chi connectivity index (χ2v) is 6.17. The number of nitrogens with two attached hydrogens (primary N) is 1. The molecule has 1 aromatic rings. The number of amides is 1. The van der Waals surface area contributed by atoms with Crippen LogP contribution in [-0.2, 0) is 4.79 Å². The lowest BCUT2D eigenvalue weighted by Gasteiger charge is -2.43. The van der Waals surface area contributed by atoms with E-state index >= 15 is 0 Å². The van der Waals surface area contributed by atoms with Crippen LogP contribution in [-0.4, -0.2) is 56.0 Å². The molecule has 2 unspecified atom stereocenters. The summed E-state index contributed by atoms with van der Waals surface area (Å²) in [7, 11) is 0. The molecule has 1 aromatic heterocycles. The quantitative estimate of drug-likeness (QED) is 0.802. The fraction of sp³-hybridized carbons (Fsp3) is 0.692. The van der Waals surface area contributed by atoms with Crippen LogP contribution in [0.1, 0.15) is 42.7 Å². The standard InChI is InChI=1S/C13H19N5O3/c1-13(4-2-3-10(13)14)12(21)17-5-8(6-17)18-7-9(11(19)20)15-16-18/h7-8,10H,2-6,14H2,1H3,(H,19,20). The van der Waals surface area contributed by atoms with E-state index in [-0.39, 0.29) is 23.7 Å². The molecule has 1 aliphatic heterocycles. The molecule has 2 heterocycles. The van der Waals surface area contributed by atoms with Crippen LogP contribution in [0, 0.1) is 5.41 Å². The Hall–Kier alpha value is -1.96. The zero-order chi connectivity index (χ0) is 15.2. The number of hydrogen-bond acceptors (Lipinski definition) is 5. The molecule has 1 amide bonds. The van der Waals surface area contributed by atoms with Gasteiger partial charge >= 0.3 is 5.97 Å². The summed E-state index contributed by atoms with van der Waals surface area (Å²) in [6, 6.07) is -0.0789. The first-order valence-electron chi connectivity index (χ1n) is 7.12. The Labute approximate surface area is 121 Å². The molecule has 2 fully saturated rings. The fourth-order valence-corrected chi connectivity index (χ4v) is 3.16. The Kier molecular flexibility index (Phi) is 3.20. The van der Waals surface area contributed by atoms with Crippen LogP contribution < -0.4 is 5.73 Å². The fourth-order valence-electron chi connectivity index (χ4n) is 3.16. The van der Waals surface area contributed by atoms with Gasteiger partial charge in [0.05, 0.1) is 17.7 Å². The molecule has 3 N–H and O–H groups in total. The third-order valence-electron chi connectivity index (χ3n) is 4.77. The predicted octanol–water partition coefficient (Wildman–Crippen LogP) is -0.123. The highest BCUT2D eigenvalue weighted by Crippen LogP contribution is 2.40. The maximum Gasteiger partial charge on any atom is 0.358 e. The number of carbonyl (C=O) groups excluding carboxylic acids is 1. The second-order valence-electron chi connectivity index (χ2n) is 6.17. The minimum Gasteiger partial charge on any atom is -0.476 e. The summed E-state index contributed by atoms with van der Waals surface area (Å²) in [6.07, 6.45) is 4.12. The smallest absolute Gasteiger partial charge is 0.358 e. The van der Waals surface area contributed by atoms with Gasteiger partial charge in [-0.15, -0.1) is 5.10 Å². The Morgan fingerprint density at radius 2 is 2.19 bits per heavy atom. The molecule has 2 aliphatic rings. The summed E-state index contributed by atoms with van der Waals surface area (Å²) in [6.45, 7) is 3.01. The van der Waals surface area contributed by atoms with Gasteiger partial charge < -0.3 is 15.7 Å². The van der Waals surface area contributed by atoms with Crippen molar-refractivity contribution in [2.45, 2.75) is 38.3 Å². The SMILES string of the molecule is CC1(C(=O)N2CC(n3cc(C(=O)O)nn3)C2)CCCC1N. The summed E-state index contributed by atoms with van der Waals surface area (Å²) in [4.78, 5) is 25.1. The van der Waals surface area contributed by atoms with Gasteiger partial charge in [0.2, 0.25) is 5.91 Å². The summed E-state index contributed by atoms with van der Waals surface area (Å²) in [5.41, 5.74) is 5.53. The van der Waals surface area contributed by atoms with Gasteiger partial charge in [0, 0.05) is 19.1 Å². The molecule has 3 rings (SSSR count). The lowest BCUT2D eigenvalue weighted by molar-refractivity contribution is -0.148. The van der Waals surface area contributed by atoms with Crippen LogP contribution in [0.4, 0.5) is 0 Å². The molecule has 0 spiro atoms. The Bertz CT molecular complexity index is 580. The average Bonchev–Trinajstić information content (AvgIpc) is 2.97. The molecular weight excluding hydrogens is 274 g/mol. The van der Waals surface area contributed by atoms with Crippen LogP contribution in [0.2, 0.25) is 0 Å². The first-order chi connectivity index (χ1) is 9.91. The highest BCUT2D eigenvalue weighted by Gasteiger charge is 2.48. The topological polar surface area (TPSA) is 114 Å². The van der Waals surface area contributed by atoms with E-state index in [1.54, 1.807) is 4.90 Å². The molecule has 0 bridgehead atoms. The Morgan fingerprint density at radius 1 is 1.48 bits per heavy atom. The molecule has 0 aromatic carbocycles. The number of carbonyl (C=O) groups is 2. The molecule has 21 heavy (non-hydrogen) atoms. The molecular formula is C13H19N5O3. The Balaban J connectivity index is 1.62. The molecule has 1 saturated heterocycles. The van der Waals surface area contributed by atoms with E-state index in [0.717, 1.165) is 19.3 Å². The average molecular weight is 293 g/mol. The largest absolute Gasteiger partial charge is 0.476 e. The van der Waals surface area contributed by atoms with Gasteiger partial charge in [0.25, 0.3) is 0 Å². The Morgan fingerprint density at radius 3 is 2.71 bits per heavy atom. The normalized spacial score (nSPS) is 29.4. The van der Waals surface area contributed by atoms with E-state index in [0.29, 0.717) is 13.1 Å². The van der Waals surface area contributed by atoms with E-state index in [4.69, 9.17) is 10.8 Å². The number of carboxylic acid groups (broad SMARTS) is 1. The lowest BCUT2D eigenvalue weighted by Crippen LogP contribution is -2.57. The van der Waals surface area contributed by atoms with Gasteiger partial charge in [-0.2, -0.15) is 0 Å². The van der Waals surface area contributed by atoms with Gasteiger partial charge in [-0.1, -0.05) is 11.6 Å². The summed E-state index contributed by atoms with van der Waals surface area (Å²) in [5.74, 6) is -1.000. The number of nitrogens with zero attached hydrogens (tertiary/aromatic N) is 4. The number of aromatic nitrogens is 3. The molecule has 114 valence electrons. The minimum absolute atomic E-state index is 0.00391. The van der Waals surface area contributed by atoms with Crippen LogP contribution >= 0.6 is 0 Å². The highest BCUT2D eigenvalue weighted by atomic mass is 16.4. The van der Waals surface area contributed by atoms with Crippen molar-refractivity contribution in [2.24, 2.45) is 11.1 Å². The van der Waals surface area contributed by atoms with Crippen LogP contribution in [0.5, 0.6) is 0 Å². The maximum atomic E-state index is 12.6. The van der Waals surface area contributed by atoms with E-state index in [2.05, 4.69) is 10.3 Å². The van der Waals surface area contributed by atoms with Crippen LogP contribution in [0.3, 0.4) is 0 Å². The zero-order valence-corrected chi connectivity index (χ0v) is 11.9. The number of hydrogen-bond donors (Lipinski definition) is 2. The zero-order valence-electron chi connectivity index (χ0n) is 11.9. The van der Waals surface area contributed by atoms with Crippen molar-refractivity contribution < 1.29 is 14.7 Å². The van der Waals surface area contributed by atoms with Gasteiger partial charge in [-0.3, -0.25) is 4.79 Å². The van der Waals surface area contributed by atoms with Gasteiger partial charge in [-0.25, -0.2) is 9.48 Å². The van der Waals surface area contributed by atoms with Crippen molar-refractivity contribution in [2.75, 3.05) is 13.1 Å². The third-order valence-corrected chi connectivity index (χ3v) is 4.77. The minimum atomic E-state index is -1.10. The van der Waals surface area contributed by atoms with Crippen LogP contribution in [0.25, 0.3) is 0 Å². The van der Waals surface area contributed by atoms with Crippen molar-refractivity contribution in [1.82, 2.24) is 19.9 Å². The molecule has 8 heteroatoms. The van der Waals surface area contributed by atoms with E-state index in [1.807, 2.05) is 6.92 Å². The number of aromatic carboxylic acids is 1. The number of carboxylic acids is 1. The summed E-state index contributed by atoms with van der Waals surface area (Å²) in [5, 5.41) is 16.2. The van der Waals surface area contributed by atoms with Gasteiger partial charge in [0.15, 0.2) is 5.69 Å². The summed E-state index contributed by atoms with van der Waals surface area (Å²) >= 11 is 0. The van der Waals surface area contributed by atoms with E-state index in [9.17, 15) is 9.59 Å². The highest BCUT2D eigenvalue weighted by molar-refractivity contribution is 5.85. The second kappa shape index (κ2) is 4.80. The first kappa shape index (κ1) is 14.0. The van der Waals surface area contributed by atoms with Crippen molar-refractivity contribution in [3.63, 3.8) is 0 Å². The molecule has 2 atom stereocenters. The number of likely N-dealkylation sites (tertiary alicyclic amines) is 1. The van der Waals surface area contributed by atoms with Gasteiger partial charge in [0.1, 0.15) is 0 Å². The lowest BCUT2D eigenvalue weighted by atomic mass is 9.82. The molecule has 0 radical (unpaired) electrons. The molecule has 8 nitrogen and oxygen atoms in total. The van der Waals surface area contributed by atoms with E-state index in [1.165, 1.54) is 10.9 Å². The monoisotopic (exact) mass is 293 g/mol. The first-order valence-corrected chi connectivity index (χ1v) is 7.12. The van der Waals surface area contributed by atoms with Crippen LogP contribution in [0.15, 0.2) is 6.20 Å². The molecule has 1 saturated carbocycles. The number of rotatable bonds is 3. The van der Waals surface area contributed by atoms with Crippen molar-refractivity contribution in [1.29, 1.82) is 0 Å². The maximum absolute atomic E-state index is 12.6. The van der Waals surface area contributed by atoms with Crippen molar-refractivity contribution in [3.8, 4) is 0 Å². The predicted molar refractivity (Wildman–Crippen MR) is 72.5 cm³/mol. The van der Waals surface area contributed by atoms with Crippen molar-refractivity contribution in [3.05, 3.63) is 11.9 Å². The third kappa shape index (κ3) is 2.19. The van der Waals surface area contributed by atoms with E-state index < -0.39 is 11.4 Å².